The summed E-state index contributed by atoms with van der Waals surface area (Å²) in [6.07, 6.45) is 7.67. The summed E-state index contributed by atoms with van der Waals surface area (Å²) in [5, 5.41) is 5.53. The van der Waals surface area contributed by atoms with Crippen molar-refractivity contribution in [1.29, 1.82) is 0 Å². The van der Waals surface area contributed by atoms with Gasteiger partial charge in [-0.1, -0.05) is 42.5 Å². The summed E-state index contributed by atoms with van der Waals surface area (Å²) >= 11 is 0. The van der Waals surface area contributed by atoms with Crippen molar-refractivity contribution in [2.45, 2.75) is 18.9 Å². The summed E-state index contributed by atoms with van der Waals surface area (Å²) < 4.78 is 0. The summed E-state index contributed by atoms with van der Waals surface area (Å²) in [5.74, 6) is 0.151. The van der Waals surface area contributed by atoms with Gasteiger partial charge in [0.25, 0.3) is 0 Å². The minimum Gasteiger partial charge on any atom is -0.346 e. The molecule has 0 bridgehead atoms. The molecular weight excluding hydrogens is 198 g/mol. The van der Waals surface area contributed by atoms with Gasteiger partial charge in [0.2, 0.25) is 5.91 Å². The quantitative estimate of drug-likeness (QED) is 0.664. The van der Waals surface area contributed by atoms with E-state index >= 15 is 0 Å². The number of benzene rings is 1. The SMILES string of the molecule is O=C1CCC2=c3ccccc3=CC=CC2N1. The summed E-state index contributed by atoms with van der Waals surface area (Å²) in [6.45, 7) is 0. The molecule has 0 saturated carbocycles. The second-order valence-corrected chi connectivity index (χ2v) is 4.21. The van der Waals surface area contributed by atoms with Crippen LogP contribution in [-0.4, -0.2) is 11.9 Å². The van der Waals surface area contributed by atoms with Gasteiger partial charge < -0.3 is 5.32 Å². The topological polar surface area (TPSA) is 29.1 Å². The van der Waals surface area contributed by atoms with Crippen molar-refractivity contribution in [3.63, 3.8) is 0 Å². The molecule has 2 heteroatoms. The largest absolute Gasteiger partial charge is 0.346 e. The van der Waals surface area contributed by atoms with Crippen molar-refractivity contribution >= 4 is 17.6 Å². The predicted octanol–water partition coefficient (Wildman–Crippen LogP) is 0.466. The van der Waals surface area contributed by atoms with Crippen LogP contribution in [0.15, 0.2) is 36.4 Å². The molecule has 1 N–H and O–H groups in total. The van der Waals surface area contributed by atoms with Gasteiger partial charge in [0.1, 0.15) is 0 Å². The zero-order chi connectivity index (χ0) is 11.0. The summed E-state index contributed by atoms with van der Waals surface area (Å²) in [6, 6.07) is 8.44. The molecule has 1 unspecified atom stereocenters. The van der Waals surface area contributed by atoms with Crippen LogP contribution in [0.2, 0.25) is 0 Å². The molecule has 1 saturated heterocycles. The Hall–Kier alpha value is -1.83. The fourth-order valence-corrected chi connectivity index (χ4v) is 2.41. The zero-order valence-corrected chi connectivity index (χ0v) is 8.94. The van der Waals surface area contributed by atoms with E-state index in [9.17, 15) is 4.79 Å². The Morgan fingerprint density at radius 1 is 1.19 bits per heavy atom. The fraction of sp³-hybridized carbons (Fsp3) is 0.214. The number of allylic oxidation sites excluding steroid dienone is 1. The Morgan fingerprint density at radius 2 is 2.06 bits per heavy atom. The van der Waals surface area contributed by atoms with E-state index in [4.69, 9.17) is 0 Å². The maximum atomic E-state index is 11.4. The van der Waals surface area contributed by atoms with Crippen molar-refractivity contribution < 1.29 is 4.79 Å². The van der Waals surface area contributed by atoms with Crippen LogP contribution < -0.4 is 15.8 Å². The first-order valence-electron chi connectivity index (χ1n) is 5.60. The Morgan fingerprint density at radius 3 is 3.00 bits per heavy atom. The lowest BCUT2D eigenvalue weighted by molar-refractivity contribution is -0.121. The Bertz CT molecular complexity index is 583. The molecule has 1 heterocycles. The van der Waals surface area contributed by atoms with Gasteiger partial charge in [0.05, 0.1) is 6.04 Å². The molecule has 3 rings (SSSR count). The third-order valence-corrected chi connectivity index (χ3v) is 3.20. The number of carbonyl (C=O) groups is 1. The molecule has 1 fully saturated rings. The van der Waals surface area contributed by atoms with E-state index in [0.717, 1.165) is 6.42 Å². The van der Waals surface area contributed by atoms with Gasteiger partial charge >= 0.3 is 0 Å². The molecule has 80 valence electrons. The first kappa shape index (κ1) is 9.40. The number of hydrogen-bond acceptors (Lipinski definition) is 1. The maximum absolute atomic E-state index is 11.4. The maximum Gasteiger partial charge on any atom is 0.221 e. The van der Waals surface area contributed by atoms with Crippen LogP contribution in [0, 0.1) is 0 Å². The lowest BCUT2D eigenvalue weighted by atomic mass is 9.95. The molecule has 1 aromatic carbocycles. The summed E-state index contributed by atoms with van der Waals surface area (Å²) in [5.41, 5.74) is 1.33. The molecule has 1 amide bonds. The number of hydrogen-bond donors (Lipinski definition) is 1. The van der Waals surface area contributed by atoms with E-state index in [0.29, 0.717) is 6.42 Å². The minimum absolute atomic E-state index is 0.0844. The first-order chi connectivity index (χ1) is 7.84. The third-order valence-electron chi connectivity index (χ3n) is 3.20. The lowest BCUT2D eigenvalue weighted by Crippen LogP contribution is -2.42. The second-order valence-electron chi connectivity index (χ2n) is 4.21. The van der Waals surface area contributed by atoms with Crippen LogP contribution in [-0.2, 0) is 4.79 Å². The lowest BCUT2D eigenvalue weighted by Gasteiger charge is -2.23. The van der Waals surface area contributed by atoms with E-state index in [1.165, 1.54) is 16.0 Å². The van der Waals surface area contributed by atoms with Crippen molar-refractivity contribution in [1.82, 2.24) is 5.32 Å². The normalized spacial score (nSPS) is 22.6. The Kier molecular flexibility index (Phi) is 2.13. The van der Waals surface area contributed by atoms with E-state index < -0.39 is 0 Å². The Labute approximate surface area is 94.0 Å². The van der Waals surface area contributed by atoms with Crippen LogP contribution in [0.3, 0.4) is 0 Å². The van der Waals surface area contributed by atoms with Gasteiger partial charge in [0, 0.05) is 6.42 Å². The van der Waals surface area contributed by atoms with Gasteiger partial charge in [-0.05, 0) is 22.4 Å². The minimum atomic E-state index is 0.0844. The molecule has 1 aliphatic carbocycles. The molecule has 0 spiro atoms. The highest BCUT2D eigenvalue weighted by Crippen LogP contribution is 2.17. The van der Waals surface area contributed by atoms with Crippen LogP contribution in [0.1, 0.15) is 12.8 Å². The molecule has 0 radical (unpaired) electrons. The molecule has 2 nitrogen and oxygen atoms in total. The van der Waals surface area contributed by atoms with E-state index in [1.54, 1.807) is 0 Å². The van der Waals surface area contributed by atoms with Crippen molar-refractivity contribution in [3.8, 4) is 0 Å². The number of piperidine rings is 1. The first-order valence-corrected chi connectivity index (χ1v) is 5.60. The highest BCUT2D eigenvalue weighted by atomic mass is 16.1. The molecule has 1 atom stereocenters. The highest BCUT2D eigenvalue weighted by molar-refractivity contribution is 5.83. The molecule has 0 aromatic heterocycles. The highest BCUT2D eigenvalue weighted by Gasteiger charge is 2.21. The van der Waals surface area contributed by atoms with Gasteiger partial charge in [-0.3, -0.25) is 4.79 Å². The number of rotatable bonds is 0. The van der Waals surface area contributed by atoms with Gasteiger partial charge in [0.15, 0.2) is 0 Å². The molecule has 2 aliphatic rings. The smallest absolute Gasteiger partial charge is 0.221 e. The van der Waals surface area contributed by atoms with E-state index in [-0.39, 0.29) is 11.9 Å². The fourth-order valence-electron chi connectivity index (χ4n) is 2.41. The molecule has 16 heavy (non-hydrogen) atoms. The Balaban J connectivity index is 2.27. The van der Waals surface area contributed by atoms with Crippen molar-refractivity contribution in [2.24, 2.45) is 0 Å². The van der Waals surface area contributed by atoms with Crippen LogP contribution in [0.4, 0.5) is 0 Å². The van der Waals surface area contributed by atoms with E-state index in [2.05, 4.69) is 35.7 Å². The average molecular weight is 211 g/mol. The molecule has 1 aliphatic heterocycles. The average Bonchev–Trinajstić information content (AvgIpc) is 2.47. The summed E-state index contributed by atoms with van der Waals surface area (Å²) in [7, 11) is 0. The number of nitrogens with one attached hydrogen (secondary N) is 1. The van der Waals surface area contributed by atoms with Crippen LogP contribution in [0.25, 0.3) is 11.6 Å². The van der Waals surface area contributed by atoms with Gasteiger partial charge in [-0.15, -0.1) is 0 Å². The van der Waals surface area contributed by atoms with Crippen molar-refractivity contribution in [3.05, 3.63) is 46.9 Å². The van der Waals surface area contributed by atoms with Crippen LogP contribution in [0.5, 0.6) is 0 Å². The molecular formula is C14H13NO. The zero-order valence-electron chi connectivity index (χ0n) is 8.94. The van der Waals surface area contributed by atoms with Gasteiger partial charge in [-0.2, -0.15) is 0 Å². The summed E-state index contributed by atoms with van der Waals surface area (Å²) in [4.78, 5) is 11.4. The monoisotopic (exact) mass is 211 g/mol. The van der Waals surface area contributed by atoms with Gasteiger partial charge in [-0.25, -0.2) is 0 Å². The second kappa shape index (κ2) is 3.63. The van der Waals surface area contributed by atoms with Crippen molar-refractivity contribution in [2.75, 3.05) is 0 Å². The molecule has 1 aromatic rings. The third kappa shape index (κ3) is 1.47. The number of fused-ring (bicyclic) bond motifs is 2. The standard InChI is InChI=1S/C14H13NO/c16-14-9-8-12-11-6-2-1-4-10(11)5-3-7-13(12)15-14/h1-7,13H,8-9H2,(H,15,16). The predicted molar refractivity (Wildman–Crippen MR) is 63.9 cm³/mol. The van der Waals surface area contributed by atoms with Crippen LogP contribution >= 0.6 is 0 Å². The van der Waals surface area contributed by atoms with E-state index in [1.807, 2.05) is 12.1 Å². The number of amides is 1. The number of carbonyl (C=O) groups excluding carboxylic acids is 1.